The molecule has 0 bridgehead atoms. The number of hydrogen-bond donors (Lipinski definition) is 1. The van der Waals surface area contributed by atoms with Crippen LogP contribution in [0.2, 0.25) is 5.32 Å². The summed E-state index contributed by atoms with van der Waals surface area (Å²) >= 11 is 0.468. The third-order valence-corrected chi connectivity index (χ3v) is 3.89. The molecule has 78 valence electrons. The zero-order chi connectivity index (χ0) is 9.10. The van der Waals surface area contributed by atoms with E-state index in [0.717, 1.165) is 23.4 Å². The fraction of sp³-hybridized carbons (Fsp3) is 0.333. The van der Waals surface area contributed by atoms with Crippen molar-refractivity contribution in [1.82, 2.24) is 0 Å². The number of halogens is 1. The molecule has 3 nitrogen and oxygen atoms in total. The first-order valence-corrected chi connectivity index (χ1v) is 6.19. The van der Waals surface area contributed by atoms with Crippen molar-refractivity contribution in [3.63, 3.8) is 0 Å². The van der Waals surface area contributed by atoms with E-state index in [4.69, 9.17) is 15.2 Å². The van der Waals surface area contributed by atoms with Crippen LogP contribution in [0.25, 0.3) is 0 Å². The Bertz CT molecular complexity index is 309. The molecule has 14 heavy (non-hydrogen) atoms. The van der Waals surface area contributed by atoms with Crippen molar-refractivity contribution in [2.24, 2.45) is 5.73 Å². The summed E-state index contributed by atoms with van der Waals surface area (Å²) in [4.78, 5) is 0. The molecular formula is C9H12ClNO2Se. The number of nitrogens with two attached hydrogens (primary N) is 1. The van der Waals surface area contributed by atoms with E-state index in [1.807, 2.05) is 6.07 Å². The summed E-state index contributed by atoms with van der Waals surface area (Å²) in [7, 11) is 0. The van der Waals surface area contributed by atoms with Crippen LogP contribution in [0.4, 0.5) is 0 Å². The molecule has 0 radical (unpaired) electrons. The summed E-state index contributed by atoms with van der Waals surface area (Å²) in [6, 6.07) is 6.11. The van der Waals surface area contributed by atoms with Gasteiger partial charge in [0.2, 0.25) is 0 Å². The summed E-state index contributed by atoms with van der Waals surface area (Å²) < 4.78 is 11.8. The minimum atomic E-state index is 0. The molecule has 2 N–H and O–H groups in total. The van der Waals surface area contributed by atoms with Gasteiger partial charge in [-0.15, -0.1) is 12.4 Å². The van der Waals surface area contributed by atoms with E-state index in [1.165, 1.54) is 4.46 Å². The van der Waals surface area contributed by atoms with Crippen molar-refractivity contribution < 1.29 is 9.47 Å². The molecule has 1 aromatic carbocycles. The minimum absolute atomic E-state index is 0. The molecule has 2 rings (SSSR count). The van der Waals surface area contributed by atoms with Gasteiger partial charge in [0.05, 0.1) is 0 Å². The van der Waals surface area contributed by atoms with Crippen molar-refractivity contribution in [3.8, 4) is 11.5 Å². The van der Waals surface area contributed by atoms with Gasteiger partial charge in [-0.05, 0) is 0 Å². The summed E-state index contributed by atoms with van der Waals surface area (Å²) in [5.74, 6) is 1.73. The zero-order valence-electron chi connectivity index (χ0n) is 7.56. The molecule has 1 heterocycles. The summed E-state index contributed by atoms with van der Waals surface area (Å²) in [6.45, 7) is 1.11. The van der Waals surface area contributed by atoms with E-state index in [2.05, 4.69) is 12.1 Å². The van der Waals surface area contributed by atoms with Crippen molar-refractivity contribution in [3.05, 3.63) is 18.2 Å². The van der Waals surface area contributed by atoms with Gasteiger partial charge in [-0.3, -0.25) is 0 Å². The van der Waals surface area contributed by atoms with Gasteiger partial charge in [-0.2, -0.15) is 0 Å². The Hall–Kier alpha value is -0.411. The molecule has 0 aromatic heterocycles. The molecule has 0 atom stereocenters. The van der Waals surface area contributed by atoms with E-state index in [-0.39, 0.29) is 12.4 Å². The molecule has 5 heteroatoms. The standard InChI is InChI=1S/C9H11NO2Se.ClH/c10-3-4-13-7-1-2-8-9(5-7)12-6-11-8;/h1-2,5H,3-4,6,10H2;1H. The van der Waals surface area contributed by atoms with Crippen LogP contribution in [0.5, 0.6) is 11.5 Å². The van der Waals surface area contributed by atoms with Gasteiger partial charge in [0.15, 0.2) is 0 Å². The quantitative estimate of drug-likeness (QED) is 0.822. The van der Waals surface area contributed by atoms with Crippen LogP contribution in [-0.4, -0.2) is 28.3 Å². The van der Waals surface area contributed by atoms with E-state index < -0.39 is 0 Å². The summed E-state index contributed by atoms with van der Waals surface area (Å²) in [5, 5.41) is 1.08. The Morgan fingerprint density at radius 2 is 2.07 bits per heavy atom. The Balaban J connectivity index is 0.000000980. The van der Waals surface area contributed by atoms with Gasteiger partial charge in [-0.1, -0.05) is 0 Å². The molecular weight excluding hydrogens is 269 g/mol. The zero-order valence-corrected chi connectivity index (χ0v) is 10.1. The van der Waals surface area contributed by atoms with Gasteiger partial charge in [0, 0.05) is 0 Å². The molecule has 1 aromatic rings. The average Bonchev–Trinajstić information content (AvgIpc) is 2.61. The Labute approximate surface area is 95.5 Å². The second kappa shape index (κ2) is 5.47. The van der Waals surface area contributed by atoms with Crippen LogP contribution in [0, 0.1) is 0 Å². The second-order valence-corrected chi connectivity index (χ2v) is 5.10. The predicted octanol–water partition coefficient (Wildman–Crippen LogP) is 0.544. The first kappa shape index (κ1) is 11.7. The molecule has 1 aliphatic rings. The monoisotopic (exact) mass is 281 g/mol. The molecule has 0 amide bonds. The van der Waals surface area contributed by atoms with Crippen LogP contribution in [0.3, 0.4) is 0 Å². The first-order valence-electron chi connectivity index (χ1n) is 4.12. The van der Waals surface area contributed by atoms with Crippen molar-refractivity contribution >= 4 is 31.8 Å². The third-order valence-electron chi connectivity index (χ3n) is 1.73. The van der Waals surface area contributed by atoms with E-state index in [9.17, 15) is 0 Å². The predicted molar refractivity (Wildman–Crippen MR) is 59.1 cm³/mol. The van der Waals surface area contributed by atoms with Crippen molar-refractivity contribution in [2.75, 3.05) is 13.3 Å². The SMILES string of the molecule is Cl.NCC[Se]c1ccc2c(c1)OCO2. The van der Waals surface area contributed by atoms with Gasteiger partial charge >= 0.3 is 83.0 Å². The molecule has 0 spiro atoms. The molecule has 0 saturated heterocycles. The van der Waals surface area contributed by atoms with Crippen LogP contribution < -0.4 is 19.7 Å². The summed E-state index contributed by atoms with van der Waals surface area (Å²) in [6.07, 6.45) is 0. The Morgan fingerprint density at radius 1 is 1.29 bits per heavy atom. The Kier molecular flexibility index (Phi) is 4.55. The average molecular weight is 281 g/mol. The fourth-order valence-electron chi connectivity index (χ4n) is 1.14. The number of rotatable bonds is 3. The topological polar surface area (TPSA) is 44.5 Å². The van der Waals surface area contributed by atoms with Crippen molar-refractivity contribution in [1.29, 1.82) is 0 Å². The molecule has 0 aliphatic carbocycles. The third kappa shape index (κ3) is 2.55. The number of fused-ring (bicyclic) bond motifs is 1. The van der Waals surface area contributed by atoms with E-state index >= 15 is 0 Å². The van der Waals surface area contributed by atoms with Gasteiger partial charge in [-0.25, -0.2) is 0 Å². The number of benzene rings is 1. The maximum absolute atomic E-state index is 5.45. The molecule has 0 unspecified atom stereocenters. The van der Waals surface area contributed by atoms with Crippen LogP contribution in [0.15, 0.2) is 18.2 Å². The number of ether oxygens (including phenoxy) is 2. The normalized spacial score (nSPS) is 12.4. The molecule has 0 fully saturated rings. The van der Waals surface area contributed by atoms with Crippen LogP contribution in [-0.2, 0) is 0 Å². The van der Waals surface area contributed by atoms with Crippen LogP contribution in [0.1, 0.15) is 0 Å². The first-order chi connectivity index (χ1) is 6.40. The van der Waals surface area contributed by atoms with Crippen molar-refractivity contribution in [2.45, 2.75) is 5.32 Å². The second-order valence-electron chi connectivity index (χ2n) is 2.65. The van der Waals surface area contributed by atoms with E-state index in [1.54, 1.807) is 0 Å². The maximum atomic E-state index is 5.45. The Morgan fingerprint density at radius 3 is 2.86 bits per heavy atom. The van der Waals surface area contributed by atoms with Gasteiger partial charge in [0.25, 0.3) is 0 Å². The summed E-state index contributed by atoms with van der Waals surface area (Å²) in [5.41, 5.74) is 5.45. The molecule has 0 saturated carbocycles. The van der Waals surface area contributed by atoms with Crippen LogP contribution >= 0.6 is 12.4 Å². The van der Waals surface area contributed by atoms with E-state index in [0.29, 0.717) is 21.7 Å². The van der Waals surface area contributed by atoms with Gasteiger partial charge in [0.1, 0.15) is 0 Å². The molecule has 1 aliphatic heterocycles. The number of hydrogen-bond acceptors (Lipinski definition) is 3. The van der Waals surface area contributed by atoms with Gasteiger partial charge < -0.3 is 0 Å². The fourth-order valence-corrected chi connectivity index (χ4v) is 2.63.